The smallest absolute Gasteiger partial charge is 0.114 e. The van der Waals surface area contributed by atoms with Crippen LogP contribution >= 0.6 is 0 Å². The van der Waals surface area contributed by atoms with Crippen LogP contribution in [0.25, 0.3) is 60.6 Å². The number of benzene rings is 5. The van der Waals surface area contributed by atoms with Gasteiger partial charge in [-0.05, 0) is 46.2 Å². The number of para-hydroxylation sites is 2. The van der Waals surface area contributed by atoms with Gasteiger partial charge in [-0.2, -0.15) is 0 Å². The van der Waals surface area contributed by atoms with Crippen molar-refractivity contribution in [1.29, 1.82) is 0 Å². The fourth-order valence-electron chi connectivity index (χ4n) is 5.42. The molecule has 7 aromatic rings. The van der Waals surface area contributed by atoms with E-state index in [0.717, 1.165) is 43.9 Å². The molecule has 2 aromatic heterocycles. The minimum absolute atomic E-state index is 0.152. The zero-order valence-electron chi connectivity index (χ0n) is 24.9. The Hall–Kier alpha value is -4.76. The summed E-state index contributed by atoms with van der Waals surface area (Å²) in [6.45, 7) is -2.93. The number of hydrogen-bond acceptors (Lipinski definition) is 2. The summed E-state index contributed by atoms with van der Waals surface area (Å²) >= 11 is 0. The molecule has 0 atom stereocenters. The van der Waals surface area contributed by atoms with Crippen molar-refractivity contribution in [2.75, 3.05) is 0 Å². The molecule has 0 spiro atoms. The Morgan fingerprint density at radius 3 is 2.00 bits per heavy atom. The van der Waals surface area contributed by atoms with Gasteiger partial charge in [0, 0.05) is 35.8 Å². The van der Waals surface area contributed by atoms with E-state index in [9.17, 15) is 0 Å². The first-order valence-electron chi connectivity index (χ1n) is 14.7. The Bertz CT molecular complexity index is 2060. The Morgan fingerprint density at radius 1 is 0.676 bits per heavy atom. The number of pyridine rings is 1. The molecule has 0 bridgehead atoms. The van der Waals surface area contributed by atoms with Crippen LogP contribution in [-0.2, 0) is 6.37 Å². The van der Waals surface area contributed by atoms with Crippen LogP contribution in [0, 0.1) is 0 Å². The van der Waals surface area contributed by atoms with E-state index >= 15 is 0 Å². The van der Waals surface area contributed by atoms with Crippen LogP contribution in [0.1, 0.15) is 19.5 Å². The minimum atomic E-state index is -2.93. The Morgan fingerprint density at radius 2 is 1.30 bits per heavy atom. The zero-order valence-corrected chi connectivity index (χ0v) is 19.9. The van der Waals surface area contributed by atoms with E-state index in [1.54, 1.807) is 16.8 Å². The average Bonchev–Trinajstić information content (AvgIpc) is 3.40. The SMILES string of the molecule is [2H]C([2H])([2H])C([2H])([2H])c1nc2ccccc2n1-c1c2ccccc2c(-c2ccccc2-c2ccccn2)c2ccccc12. The molecule has 0 aliphatic rings. The van der Waals surface area contributed by atoms with Gasteiger partial charge >= 0.3 is 0 Å². The van der Waals surface area contributed by atoms with Gasteiger partial charge in [0.15, 0.2) is 0 Å². The number of nitrogens with zero attached hydrogens (tertiary/aromatic N) is 3. The monoisotopic (exact) mass is 480 g/mol. The van der Waals surface area contributed by atoms with Crippen molar-refractivity contribution in [3.63, 3.8) is 0 Å². The third-order valence-electron chi connectivity index (χ3n) is 6.94. The van der Waals surface area contributed by atoms with Gasteiger partial charge in [-0.25, -0.2) is 4.98 Å². The molecule has 0 fully saturated rings. The van der Waals surface area contributed by atoms with Gasteiger partial charge in [0.05, 0.1) is 22.4 Å². The summed E-state index contributed by atoms with van der Waals surface area (Å²) < 4.78 is 43.5. The van der Waals surface area contributed by atoms with E-state index in [1.165, 1.54) is 0 Å². The van der Waals surface area contributed by atoms with Gasteiger partial charge in [-0.3, -0.25) is 9.55 Å². The molecule has 0 aliphatic carbocycles. The highest BCUT2D eigenvalue weighted by Crippen LogP contribution is 2.44. The lowest BCUT2D eigenvalue weighted by atomic mass is 9.87. The molecule has 3 heteroatoms. The molecule has 0 N–H and O–H groups in total. The molecule has 0 amide bonds. The summed E-state index contributed by atoms with van der Waals surface area (Å²) in [6.07, 6.45) is -0.922. The highest BCUT2D eigenvalue weighted by Gasteiger charge is 2.21. The predicted octanol–water partition coefficient (Wildman–Crippen LogP) is 8.62. The first kappa shape index (κ1) is 16.8. The van der Waals surface area contributed by atoms with Crippen molar-refractivity contribution in [3.05, 3.63) is 127 Å². The van der Waals surface area contributed by atoms with Crippen molar-refractivity contribution in [2.24, 2.45) is 0 Å². The van der Waals surface area contributed by atoms with Crippen molar-refractivity contribution >= 4 is 32.6 Å². The number of fused-ring (bicyclic) bond motifs is 3. The molecule has 5 aromatic carbocycles. The number of imidazole rings is 1. The topological polar surface area (TPSA) is 30.7 Å². The number of aromatic nitrogens is 3. The second kappa shape index (κ2) is 8.72. The van der Waals surface area contributed by atoms with Crippen LogP contribution < -0.4 is 0 Å². The lowest BCUT2D eigenvalue weighted by molar-refractivity contribution is 0.917. The van der Waals surface area contributed by atoms with E-state index in [2.05, 4.69) is 34.2 Å². The molecular weight excluding hydrogens is 450 g/mol. The van der Waals surface area contributed by atoms with Crippen molar-refractivity contribution in [3.8, 4) is 28.1 Å². The summed E-state index contributed by atoms with van der Waals surface area (Å²) in [4.78, 5) is 9.24. The second-order valence-electron chi connectivity index (χ2n) is 8.96. The van der Waals surface area contributed by atoms with E-state index in [4.69, 9.17) is 6.85 Å². The molecule has 7 rings (SSSR count). The quantitative estimate of drug-likeness (QED) is 0.236. The van der Waals surface area contributed by atoms with Gasteiger partial charge in [0.1, 0.15) is 5.82 Å². The molecule has 176 valence electrons. The Kier molecular flexibility index (Phi) is 3.97. The molecule has 0 saturated heterocycles. The second-order valence-corrected chi connectivity index (χ2v) is 8.96. The first-order valence-corrected chi connectivity index (χ1v) is 12.2. The van der Waals surface area contributed by atoms with Crippen LogP contribution in [0.3, 0.4) is 0 Å². The lowest BCUT2D eigenvalue weighted by Gasteiger charge is -2.20. The van der Waals surface area contributed by atoms with Crippen LogP contribution in [0.15, 0.2) is 121 Å². The summed E-state index contributed by atoms with van der Waals surface area (Å²) in [5.74, 6) is -0.152. The number of rotatable bonds is 4. The van der Waals surface area contributed by atoms with Crippen molar-refractivity contribution in [1.82, 2.24) is 14.5 Å². The van der Waals surface area contributed by atoms with Crippen molar-refractivity contribution in [2.45, 2.75) is 13.2 Å². The van der Waals surface area contributed by atoms with Gasteiger partial charge < -0.3 is 0 Å². The highest BCUT2D eigenvalue weighted by molar-refractivity contribution is 6.19. The number of aryl methyl sites for hydroxylation is 1. The summed E-state index contributed by atoms with van der Waals surface area (Å²) in [7, 11) is 0. The van der Waals surface area contributed by atoms with E-state index in [1.807, 2.05) is 84.9 Å². The van der Waals surface area contributed by atoms with Gasteiger partial charge in [-0.15, -0.1) is 0 Å². The largest absolute Gasteiger partial charge is 0.295 e. The van der Waals surface area contributed by atoms with Gasteiger partial charge in [0.2, 0.25) is 0 Å². The molecule has 0 aliphatic heterocycles. The maximum Gasteiger partial charge on any atom is 0.114 e. The molecule has 0 unspecified atom stereocenters. The van der Waals surface area contributed by atoms with Gasteiger partial charge in [0.25, 0.3) is 0 Å². The fourth-order valence-corrected chi connectivity index (χ4v) is 5.42. The molecule has 37 heavy (non-hydrogen) atoms. The zero-order chi connectivity index (χ0) is 29.1. The standard InChI is InChI=1S/C34H25N3/c1-2-32-36-30-20-9-10-21-31(30)37(32)34-27-17-7-5-15-25(27)33(26-16-6-8-18-28(26)34)24-14-4-3-13-23(24)29-19-11-12-22-35-29/h3-22H,2H2,1H3/i1D3,2D2. The maximum absolute atomic E-state index is 8.77. The predicted molar refractivity (Wildman–Crippen MR) is 154 cm³/mol. The third-order valence-corrected chi connectivity index (χ3v) is 6.94. The molecular formula is C34H25N3. The molecule has 3 nitrogen and oxygen atoms in total. The summed E-state index contributed by atoms with van der Waals surface area (Å²) in [5.41, 5.74) is 5.75. The van der Waals surface area contributed by atoms with Gasteiger partial charge in [-0.1, -0.05) is 97.8 Å². The van der Waals surface area contributed by atoms with E-state index in [-0.39, 0.29) is 5.82 Å². The van der Waals surface area contributed by atoms with Crippen LogP contribution in [0.2, 0.25) is 0 Å². The summed E-state index contributed by atoms with van der Waals surface area (Å²) in [6, 6.07) is 37.4. The fraction of sp³-hybridized carbons (Fsp3) is 0.0588. The lowest BCUT2D eigenvalue weighted by Crippen LogP contribution is -2.03. The average molecular weight is 481 g/mol. The first-order chi connectivity index (χ1) is 20.3. The Labute approximate surface area is 222 Å². The van der Waals surface area contributed by atoms with Crippen LogP contribution in [0.5, 0.6) is 0 Å². The minimum Gasteiger partial charge on any atom is -0.295 e. The molecule has 0 saturated carbocycles. The maximum atomic E-state index is 8.77. The van der Waals surface area contributed by atoms with Crippen LogP contribution in [-0.4, -0.2) is 14.5 Å². The number of hydrogen-bond donors (Lipinski definition) is 0. The third kappa shape index (κ3) is 3.35. The summed E-state index contributed by atoms with van der Waals surface area (Å²) in [5, 5.41) is 3.61. The highest BCUT2D eigenvalue weighted by atomic mass is 15.1. The molecule has 0 radical (unpaired) electrons. The molecule has 2 heterocycles. The van der Waals surface area contributed by atoms with E-state index < -0.39 is 13.2 Å². The van der Waals surface area contributed by atoms with Crippen molar-refractivity contribution < 1.29 is 6.85 Å². The van der Waals surface area contributed by atoms with E-state index in [0.29, 0.717) is 16.7 Å². The normalized spacial score (nSPS) is 14.2. The Balaban J connectivity index is 1.66. The van der Waals surface area contributed by atoms with Crippen LogP contribution in [0.4, 0.5) is 0 Å².